The molecule has 0 atom stereocenters. The SMILES string of the molecule is O=C(NCc1ccco1)C(=O)N/N=C\c1ccccc1OCc1ccc(Cl)cc1. The Balaban J connectivity index is 1.52. The number of furan rings is 1. The van der Waals surface area contributed by atoms with E-state index in [1.165, 1.54) is 12.5 Å². The van der Waals surface area contributed by atoms with Crippen LogP contribution < -0.4 is 15.5 Å². The Hall–Kier alpha value is -3.58. The van der Waals surface area contributed by atoms with Crippen LogP contribution in [0.25, 0.3) is 0 Å². The minimum absolute atomic E-state index is 0.115. The molecule has 0 aliphatic rings. The Morgan fingerprint density at radius 1 is 1.03 bits per heavy atom. The summed E-state index contributed by atoms with van der Waals surface area (Å²) in [5.41, 5.74) is 3.80. The van der Waals surface area contributed by atoms with Gasteiger partial charge in [-0.1, -0.05) is 35.9 Å². The highest BCUT2D eigenvalue weighted by Gasteiger charge is 2.12. The number of amides is 2. The fourth-order valence-electron chi connectivity index (χ4n) is 2.33. The second-order valence-electron chi connectivity index (χ2n) is 5.91. The van der Waals surface area contributed by atoms with Gasteiger partial charge in [-0.15, -0.1) is 0 Å². The van der Waals surface area contributed by atoms with Gasteiger partial charge in [0.15, 0.2) is 0 Å². The molecule has 0 spiro atoms. The summed E-state index contributed by atoms with van der Waals surface area (Å²) in [6, 6.07) is 17.9. The van der Waals surface area contributed by atoms with Crippen LogP contribution in [0, 0.1) is 0 Å². The Morgan fingerprint density at radius 2 is 1.83 bits per heavy atom. The lowest BCUT2D eigenvalue weighted by Crippen LogP contribution is -2.37. The monoisotopic (exact) mass is 411 g/mol. The van der Waals surface area contributed by atoms with E-state index in [1.54, 1.807) is 36.4 Å². The largest absolute Gasteiger partial charge is 0.488 e. The Labute approximate surface area is 172 Å². The van der Waals surface area contributed by atoms with Gasteiger partial charge in [-0.05, 0) is 42.0 Å². The number of nitrogens with zero attached hydrogens (tertiary/aromatic N) is 1. The molecule has 3 aromatic rings. The molecule has 2 N–H and O–H groups in total. The minimum Gasteiger partial charge on any atom is -0.488 e. The Morgan fingerprint density at radius 3 is 2.59 bits per heavy atom. The van der Waals surface area contributed by atoms with Crippen molar-refractivity contribution in [2.75, 3.05) is 0 Å². The quantitative estimate of drug-likeness (QED) is 0.354. The fraction of sp³-hybridized carbons (Fsp3) is 0.0952. The summed E-state index contributed by atoms with van der Waals surface area (Å²) in [5, 5.41) is 6.92. The Bertz CT molecular complexity index is 985. The molecule has 0 aliphatic carbocycles. The third kappa shape index (κ3) is 6.22. The molecule has 3 rings (SSSR count). The Kier molecular flexibility index (Phi) is 7.02. The molecule has 1 aromatic heterocycles. The van der Waals surface area contributed by atoms with Crippen molar-refractivity contribution in [2.24, 2.45) is 5.10 Å². The van der Waals surface area contributed by atoms with Crippen molar-refractivity contribution < 1.29 is 18.7 Å². The fourth-order valence-corrected chi connectivity index (χ4v) is 2.46. The average molecular weight is 412 g/mol. The molecule has 0 unspecified atom stereocenters. The molecule has 29 heavy (non-hydrogen) atoms. The number of hydrogen-bond acceptors (Lipinski definition) is 5. The number of hydrazone groups is 1. The maximum Gasteiger partial charge on any atom is 0.329 e. The molecule has 0 fully saturated rings. The number of halogens is 1. The van der Waals surface area contributed by atoms with Gasteiger partial charge in [0.1, 0.15) is 18.1 Å². The zero-order valence-electron chi connectivity index (χ0n) is 15.3. The van der Waals surface area contributed by atoms with Gasteiger partial charge in [-0.25, -0.2) is 5.43 Å². The summed E-state index contributed by atoms with van der Waals surface area (Å²) in [5.74, 6) is -0.567. The summed E-state index contributed by atoms with van der Waals surface area (Å²) in [4.78, 5) is 23.6. The lowest BCUT2D eigenvalue weighted by atomic mass is 10.2. The smallest absolute Gasteiger partial charge is 0.329 e. The van der Waals surface area contributed by atoms with Crippen LogP contribution in [0.15, 0.2) is 76.4 Å². The van der Waals surface area contributed by atoms with Gasteiger partial charge in [0.2, 0.25) is 0 Å². The summed E-state index contributed by atoms with van der Waals surface area (Å²) < 4.78 is 10.9. The van der Waals surface area contributed by atoms with Crippen molar-refractivity contribution in [3.8, 4) is 5.75 Å². The lowest BCUT2D eigenvalue weighted by molar-refractivity contribution is -0.139. The van der Waals surface area contributed by atoms with Crippen LogP contribution >= 0.6 is 11.6 Å². The van der Waals surface area contributed by atoms with Crippen LogP contribution in [0.4, 0.5) is 0 Å². The molecule has 7 nitrogen and oxygen atoms in total. The maximum atomic E-state index is 11.8. The van der Waals surface area contributed by atoms with Crippen molar-refractivity contribution in [3.05, 3.63) is 88.8 Å². The number of benzene rings is 2. The number of para-hydroxylation sites is 1. The van der Waals surface area contributed by atoms with Gasteiger partial charge < -0.3 is 14.5 Å². The van der Waals surface area contributed by atoms with Gasteiger partial charge in [0.05, 0.1) is 19.0 Å². The first-order chi connectivity index (χ1) is 14.1. The summed E-state index contributed by atoms with van der Waals surface area (Å²) in [6.45, 7) is 0.466. The third-order valence-corrected chi connectivity index (χ3v) is 4.06. The molecule has 1 heterocycles. The molecule has 0 aliphatic heterocycles. The average Bonchev–Trinajstić information content (AvgIpc) is 3.26. The van der Waals surface area contributed by atoms with E-state index in [0.717, 1.165) is 5.56 Å². The molecule has 2 aromatic carbocycles. The molecule has 2 amide bonds. The molecule has 0 saturated carbocycles. The van der Waals surface area contributed by atoms with Crippen LogP contribution in [0.5, 0.6) is 5.75 Å². The van der Waals surface area contributed by atoms with E-state index in [9.17, 15) is 9.59 Å². The molecule has 0 radical (unpaired) electrons. The zero-order valence-corrected chi connectivity index (χ0v) is 16.1. The zero-order chi connectivity index (χ0) is 20.5. The van der Waals surface area contributed by atoms with Crippen LogP contribution in [0.3, 0.4) is 0 Å². The number of ether oxygens (including phenoxy) is 1. The molecule has 0 saturated heterocycles. The van der Waals surface area contributed by atoms with Crippen LogP contribution in [-0.4, -0.2) is 18.0 Å². The van der Waals surface area contributed by atoms with E-state index in [1.807, 2.05) is 24.3 Å². The number of rotatable bonds is 7. The predicted octanol–water partition coefficient (Wildman–Crippen LogP) is 3.28. The molecular weight excluding hydrogens is 394 g/mol. The highest BCUT2D eigenvalue weighted by atomic mass is 35.5. The van der Waals surface area contributed by atoms with Crippen molar-refractivity contribution >= 4 is 29.6 Å². The van der Waals surface area contributed by atoms with Crippen molar-refractivity contribution in [2.45, 2.75) is 13.2 Å². The van der Waals surface area contributed by atoms with E-state index in [4.69, 9.17) is 20.8 Å². The van der Waals surface area contributed by atoms with Crippen LogP contribution in [0.2, 0.25) is 5.02 Å². The second-order valence-corrected chi connectivity index (χ2v) is 6.35. The van der Waals surface area contributed by atoms with Gasteiger partial charge in [-0.2, -0.15) is 5.10 Å². The van der Waals surface area contributed by atoms with E-state index in [2.05, 4.69) is 15.8 Å². The first-order valence-electron chi connectivity index (χ1n) is 8.72. The standard InChI is InChI=1S/C21H18ClN3O4/c22-17-9-7-15(8-10-17)14-29-19-6-2-1-4-16(19)12-24-25-21(27)20(26)23-13-18-5-3-11-28-18/h1-12H,13-14H2,(H,23,26)(H,25,27)/b24-12-. The highest BCUT2D eigenvalue weighted by Crippen LogP contribution is 2.18. The van der Waals surface area contributed by atoms with Crippen LogP contribution in [0.1, 0.15) is 16.9 Å². The summed E-state index contributed by atoms with van der Waals surface area (Å²) in [7, 11) is 0. The van der Waals surface area contributed by atoms with Gasteiger partial charge in [-0.3, -0.25) is 9.59 Å². The van der Waals surface area contributed by atoms with Crippen molar-refractivity contribution in [1.82, 2.24) is 10.7 Å². The molecule has 8 heteroatoms. The first kappa shape index (κ1) is 20.2. The van der Waals surface area contributed by atoms with E-state index < -0.39 is 11.8 Å². The number of carbonyl (C=O) groups excluding carboxylic acids is 2. The van der Waals surface area contributed by atoms with E-state index in [-0.39, 0.29) is 6.54 Å². The van der Waals surface area contributed by atoms with E-state index >= 15 is 0 Å². The molecular formula is C21H18ClN3O4. The van der Waals surface area contributed by atoms with E-state index in [0.29, 0.717) is 28.7 Å². The van der Waals surface area contributed by atoms with Gasteiger partial charge >= 0.3 is 11.8 Å². The predicted molar refractivity (Wildman–Crippen MR) is 109 cm³/mol. The van der Waals surface area contributed by atoms with Crippen LogP contribution in [-0.2, 0) is 22.7 Å². The topological polar surface area (TPSA) is 92.9 Å². The van der Waals surface area contributed by atoms with Gasteiger partial charge in [0.25, 0.3) is 0 Å². The molecule has 148 valence electrons. The second kappa shape index (κ2) is 10.1. The highest BCUT2D eigenvalue weighted by molar-refractivity contribution is 6.35. The van der Waals surface area contributed by atoms with Gasteiger partial charge in [0, 0.05) is 10.6 Å². The lowest BCUT2D eigenvalue weighted by Gasteiger charge is -2.09. The normalized spacial score (nSPS) is 10.7. The summed E-state index contributed by atoms with van der Waals surface area (Å²) in [6.07, 6.45) is 2.90. The number of hydrogen-bond donors (Lipinski definition) is 2. The number of nitrogens with one attached hydrogen (secondary N) is 2. The molecule has 0 bridgehead atoms. The first-order valence-corrected chi connectivity index (χ1v) is 9.09. The number of carbonyl (C=O) groups is 2. The minimum atomic E-state index is -0.882. The summed E-state index contributed by atoms with van der Waals surface area (Å²) >= 11 is 5.88. The maximum absolute atomic E-state index is 11.8. The third-order valence-electron chi connectivity index (χ3n) is 3.81. The van der Waals surface area contributed by atoms with Crippen molar-refractivity contribution in [3.63, 3.8) is 0 Å². The van der Waals surface area contributed by atoms with Crippen molar-refractivity contribution in [1.29, 1.82) is 0 Å².